The zero-order valence-corrected chi connectivity index (χ0v) is 16.1. The van der Waals surface area contributed by atoms with E-state index in [4.69, 9.17) is 16.3 Å². The highest BCUT2D eigenvalue weighted by atomic mass is 79.9. The molecule has 1 amide bonds. The maximum Gasteiger partial charge on any atom is 0.408 e. The van der Waals surface area contributed by atoms with Crippen LogP contribution in [0, 0.1) is 5.82 Å². The normalized spacial score (nSPS) is 16.1. The maximum absolute atomic E-state index is 14.0. The van der Waals surface area contributed by atoms with Crippen LogP contribution in [0.15, 0.2) is 47.5 Å². The molecule has 0 spiro atoms. The molecule has 136 valence electrons. The molecule has 0 aromatic heterocycles. The fourth-order valence-electron chi connectivity index (χ4n) is 3.20. The van der Waals surface area contributed by atoms with Crippen LogP contribution in [-0.2, 0) is 6.42 Å². The second kappa shape index (κ2) is 7.68. The molecular weight excluding hydrogens is 425 g/mol. The van der Waals surface area contributed by atoms with E-state index in [0.717, 1.165) is 5.56 Å². The Bertz CT molecular complexity index is 874. The summed E-state index contributed by atoms with van der Waals surface area (Å²) in [5.41, 5.74) is 2.07. The zero-order chi connectivity index (χ0) is 18.8. The van der Waals surface area contributed by atoms with E-state index in [1.54, 1.807) is 30.3 Å². The third-order valence-corrected chi connectivity index (χ3v) is 5.40. The summed E-state index contributed by atoms with van der Waals surface area (Å²) in [6.45, 7) is 4.14. The Labute approximate surface area is 164 Å². The Kier molecular flexibility index (Phi) is 5.53. The standard InChI is InChI=1S/C19H16BrClFNO3/c1-2-9-26-16-6-3-11(21)10-14(16)18-13-4-5-15(22)17(20)12(13)7-8-23(18)19(24)25/h2-6,10,18H,1,7-9H2,(H,24,25). The summed E-state index contributed by atoms with van der Waals surface area (Å²) in [5, 5.41) is 10.2. The lowest BCUT2D eigenvalue weighted by Gasteiger charge is -2.37. The molecule has 2 aromatic rings. The predicted octanol–water partition coefficient (Wildman–Crippen LogP) is 5.43. The van der Waals surface area contributed by atoms with Gasteiger partial charge in [-0.15, -0.1) is 0 Å². The fourth-order valence-corrected chi connectivity index (χ4v) is 3.94. The van der Waals surface area contributed by atoms with Crippen LogP contribution in [0.5, 0.6) is 5.75 Å². The molecule has 1 heterocycles. The van der Waals surface area contributed by atoms with Crippen molar-refractivity contribution in [3.63, 3.8) is 0 Å². The first-order valence-electron chi connectivity index (χ1n) is 7.93. The van der Waals surface area contributed by atoms with E-state index in [-0.39, 0.29) is 19.0 Å². The van der Waals surface area contributed by atoms with Gasteiger partial charge < -0.3 is 9.84 Å². The number of hydrogen-bond acceptors (Lipinski definition) is 2. The number of ether oxygens (including phenoxy) is 1. The number of hydrogen-bond donors (Lipinski definition) is 1. The van der Waals surface area contributed by atoms with Crippen molar-refractivity contribution in [2.24, 2.45) is 0 Å². The summed E-state index contributed by atoms with van der Waals surface area (Å²) in [6.07, 6.45) is 0.962. The molecule has 1 N–H and O–H groups in total. The van der Waals surface area contributed by atoms with E-state index in [0.29, 0.717) is 32.8 Å². The van der Waals surface area contributed by atoms with E-state index < -0.39 is 12.1 Å². The van der Waals surface area contributed by atoms with E-state index in [2.05, 4.69) is 22.5 Å². The average molecular weight is 441 g/mol. The molecule has 3 rings (SSSR count). The first kappa shape index (κ1) is 18.7. The molecule has 1 aliphatic heterocycles. The minimum absolute atomic E-state index is 0.239. The monoisotopic (exact) mass is 439 g/mol. The molecule has 1 atom stereocenters. The van der Waals surface area contributed by atoms with Crippen molar-refractivity contribution in [3.05, 3.63) is 75.0 Å². The van der Waals surface area contributed by atoms with Crippen molar-refractivity contribution in [2.45, 2.75) is 12.5 Å². The second-order valence-electron chi connectivity index (χ2n) is 5.84. The number of fused-ring (bicyclic) bond motifs is 1. The lowest BCUT2D eigenvalue weighted by molar-refractivity contribution is 0.128. The summed E-state index contributed by atoms with van der Waals surface area (Å²) in [7, 11) is 0. The van der Waals surface area contributed by atoms with Gasteiger partial charge in [0.2, 0.25) is 0 Å². The fraction of sp³-hybridized carbons (Fsp3) is 0.211. The van der Waals surface area contributed by atoms with Crippen LogP contribution in [0.3, 0.4) is 0 Å². The van der Waals surface area contributed by atoms with Gasteiger partial charge in [-0.1, -0.05) is 30.3 Å². The van der Waals surface area contributed by atoms with Crippen LogP contribution in [0.2, 0.25) is 5.02 Å². The van der Waals surface area contributed by atoms with Crippen molar-refractivity contribution in [3.8, 4) is 5.75 Å². The molecule has 1 unspecified atom stereocenters. The first-order chi connectivity index (χ1) is 12.4. The number of benzene rings is 2. The summed E-state index contributed by atoms with van der Waals surface area (Å²) >= 11 is 9.46. The number of carboxylic acid groups (broad SMARTS) is 1. The van der Waals surface area contributed by atoms with E-state index >= 15 is 0 Å². The lowest BCUT2D eigenvalue weighted by atomic mass is 9.88. The molecule has 7 heteroatoms. The Morgan fingerprint density at radius 3 is 2.88 bits per heavy atom. The summed E-state index contributed by atoms with van der Waals surface area (Å²) in [5.74, 6) is 0.138. The quantitative estimate of drug-likeness (QED) is 0.645. The molecule has 0 saturated heterocycles. The number of carbonyl (C=O) groups is 1. The molecule has 0 fully saturated rings. The van der Waals surface area contributed by atoms with Gasteiger partial charge in [-0.2, -0.15) is 0 Å². The number of nitrogens with zero attached hydrogens (tertiary/aromatic N) is 1. The predicted molar refractivity (Wildman–Crippen MR) is 102 cm³/mol. The van der Waals surface area contributed by atoms with E-state index in [9.17, 15) is 14.3 Å². The molecule has 26 heavy (non-hydrogen) atoms. The van der Waals surface area contributed by atoms with Gasteiger partial charge in [0, 0.05) is 17.1 Å². The van der Waals surface area contributed by atoms with Crippen LogP contribution in [0.1, 0.15) is 22.7 Å². The van der Waals surface area contributed by atoms with Gasteiger partial charge in [-0.25, -0.2) is 9.18 Å². The molecule has 4 nitrogen and oxygen atoms in total. The van der Waals surface area contributed by atoms with Crippen molar-refractivity contribution < 1.29 is 19.0 Å². The topological polar surface area (TPSA) is 49.8 Å². The van der Waals surface area contributed by atoms with Gasteiger partial charge in [-0.3, -0.25) is 4.90 Å². The summed E-state index contributed by atoms with van der Waals surface area (Å²) in [6, 6.07) is 7.37. The Balaban J connectivity index is 2.21. The van der Waals surface area contributed by atoms with Crippen LogP contribution in [0.4, 0.5) is 9.18 Å². The van der Waals surface area contributed by atoms with Gasteiger partial charge in [0.15, 0.2) is 0 Å². The minimum atomic E-state index is -1.06. The van der Waals surface area contributed by atoms with E-state index in [1.165, 1.54) is 11.0 Å². The van der Waals surface area contributed by atoms with Crippen LogP contribution in [-0.4, -0.2) is 29.3 Å². The summed E-state index contributed by atoms with van der Waals surface area (Å²) in [4.78, 5) is 13.2. The Morgan fingerprint density at radius 2 is 2.19 bits per heavy atom. The van der Waals surface area contributed by atoms with Crippen molar-refractivity contribution in [1.29, 1.82) is 0 Å². The smallest absolute Gasteiger partial charge is 0.408 e. The molecule has 0 saturated carbocycles. The maximum atomic E-state index is 14.0. The minimum Gasteiger partial charge on any atom is -0.489 e. The lowest BCUT2D eigenvalue weighted by Crippen LogP contribution is -2.40. The van der Waals surface area contributed by atoms with Gasteiger partial charge in [0.05, 0.1) is 10.5 Å². The highest BCUT2D eigenvalue weighted by Crippen LogP contribution is 2.42. The highest BCUT2D eigenvalue weighted by molar-refractivity contribution is 9.10. The molecule has 0 aliphatic carbocycles. The van der Waals surface area contributed by atoms with E-state index in [1.807, 2.05) is 0 Å². The average Bonchev–Trinajstić information content (AvgIpc) is 2.62. The Morgan fingerprint density at radius 1 is 1.42 bits per heavy atom. The molecule has 1 aliphatic rings. The molecule has 2 aromatic carbocycles. The molecule has 0 radical (unpaired) electrons. The molecular formula is C19H16BrClFNO3. The van der Waals surface area contributed by atoms with Crippen molar-refractivity contribution in [1.82, 2.24) is 4.90 Å². The largest absolute Gasteiger partial charge is 0.489 e. The summed E-state index contributed by atoms with van der Waals surface area (Å²) < 4.78 is 20.0. The number of halogens is 3. The molecule has 0 bridgehead atoms. The first-order valence-corrected chi connectivity index (χ1v) is 9.10. The van der Waals surface area contributed by atoms with Crippen molar-refractivity contribution >= 4 is 33.6 Å². The zero-order valence-electron chi connectivity index (χ0n) is 13.7. The van der Waals surface area contributed by atoms with Gasteiger partial charge >= 0.3 is 6.09 Å². The SMILES string of the molecule is C=CCOc1ccc(Cl)cc1C1c2ccc(F)c(Br)c2CCN1C(=O)O. The van der Waals surface area contributed by atoms with Crippen molar-refractivity contribution in [2.75, 3.05) is 13.2 Å². The Hall–Kier alpha value is -2.05. The number of rotatable bonds is 4. The van der Waals surface area contributed by atoms with Crippen LogP contribution >= 0.6 is 27.5 Å². The number of amides is 1. The third kappa shape index (κ3) is 3.44. The third-order valence-electron chi connectivity index (χ3n) is 4.31. The van der Waals surface area contributed by atoms with Gasteiger partial charge in [-0.05, 0) is 57.7 Å². The van der Waals surface area contributed by atoms with Gasteiger partial charge in [0.25, 0.3) is 0 Å². The highest BCUT2D eigenvalue weighted by Gasteiger charge is 2.35. The van der Waals surface area contributed by atoms with Crippen LogP contribution in [0.25, 0.3) is 0 Å². The van der Waals surface area contributed by atoms with Gasteiger partial charge in [0.1, 0.15) is 18.2 Å². The second-order valence-corrected chi connectivity index (χ2v) is 7.07. The van der Waals surface area contributed by atoms with Crippen LogP contribution < -0.4 is 4.74 Å².